The highest BCUT2D eigenvalue weighted by Gasteiger charge is 2.25. The van der Waals surface area contributed by atoms with Gasteiger partial charge in [0.1, 0.15) is 48.5 Å². The fraction of sp³-hybridized carbons (Fsp3) is 0.406. The van der Waals surface area contributed by atoms with Crippen LogP contribution in [0.2, 0.25) is 0 Å². The molecule has 15 nitrogen and oxygen atoms in total. The second-order valence-electron chi connectivity index (χ2n) is 22.3. The predicted octanol–water partition coefficient (Wildman–Crippen LogP) is 15.5. The van der Waals surface area contributed by atoms with Gasteiger partial charge in [-0.3, -0.25) is 14.6 Å². The van der Waals surface area contributed by atoms with E-state index >= 15 is 0 Å². The molecule has 1 saturated heterocycles. The molecule has 9 aromatic rings. The smallest absolute Gasteiger partial charge is 0.219 e. The van der Waals surface area contributed by atoms with E-state index in [0.29, 0.717) is 50.6 Å². The standard InChI is InChI=1S/C22H29N3O2S.C17H19ClN2O2S.C15H17ClN2OS.C15H13ClN2OS/c1-16-5-3-11-24(16)12-4-14-27-19-8-6-18(7-9-19)22-23-20-15-25(17(2)26)13-10-21(20)28-22;1-12(21)20-9-7-16-15(11-20)19-17(23-16)13-3-5-14(6-4-13)22-10-2-8-18;2*16-7-1-9-19-12-4-2-11(3-5-12)15-18-13-10-17-8-6-14(13)20-15/h6-9,16H,3-5,10-15H2,1-2H3;3-6H,2,7-11H2,1H3;2-5,17H,1,6-10H2;2-6,8,10H,1,7,9H2/t16-;;;/m1.../s1. The van der Waals surface area contributed by atoms with Gasteiger partial charge in [-0.2, -0.15) is 0 Å². The van der Waals surface area contributed by atoms with E-state index in [9.17, 15) is 9.59 Å². The summed E-state index contributed by atoms with van der Waals surface area (Å²) in [4.78, 5) is 56.3. The van der Waals surface area contributed by atoms with Crippen molar-refractivity contribution < 1.29 is 28.5 Å². The average Bonchev–Trinajstić information content (AvgIpc) is 1.83. The first-order valence-electron chi connectivity index (χ1n) is 31.2. The van der Waals surface area contributed by atoms with Crippen LogP contribution in [-0.2, 0) is 48.5 Å². The lowest BCUT2D eigenvalue weighted by Gasteiger charge is -2.24. The Morgan fingerprint density at radius 3 is 1.34 bits per heavy atom. The maximum absolute atomic E-state index is 11.6. The Labute approximate surface area is 565 Å². The summed E-state index contributed by atoms with van der Waals surface area (Å²) in [6, 6.07) is 35.1. The molecule has 0 bridgehead atoms. The van der Waals surface area contributed by atoms with E-state index < -0.39 is 0 Å². The second-order valence-corrected chi connectivity index (χ2v) is 27.8. The number of pyridine rings is 1. The minimum absolute atomic E-state index is 0.114. The summed E-state index contributed by atoms with van der Waals surface area (Å²) in [6.07, 6.45) is 12.8. The van der Waals surface area contributed by atoms with Gasteiger partial charge in [-0.25, -0.2) is 19.9 Å². The molecule has 2 amide bonds. The number of amides is 2. The van der Waals surface area contributed by atoms with Crippen LogP contribution < -0.4 is 24.3 Å². The molecule has 1 fully saturated rings. The van der Waals surface area contributed by atoms with Crippen molar-refractivity contribution >= 4 is 102 Å². The predicted molar refractivity (Wildman–Crippen MR) is 373 cm³/mol. The highest BCUT2D eigenvalue weighted by Crippen LogP contribution is 2.36. The van der Waals surface area contributed by atoms with Crippen LogP contribution in [0.1, 0.15) is 91.0 Å². The van der Waals surface area contributed by atoms with Crippen molar-refractivity contribution in [2.75, 3.05) is 76.8 Å². The summed E-state index contributed by atoms with van der Waals surface area (Å²) in [5.74, 6) is 5.63. The number of aromatic nitrogens is 5. The number of rotatable bonds is 21. The molecule has 480 valence electrons. The van der Waals surface area contributed by atoms with Crippen LogP contribution in [0, 0.1) is 0 Å². The number of hydrogen-bond donors (Lipinski definition) is 1. The molecule has 1 N–H and O–H groups in total. The van der Waals surface area contributed by atoms with Gasteiger partial charge >= 0.3 is 0 Å². The van der Waals surface area contributed by atoms with Gasteiger partial charge in [-0.15, -0.1) is 80.1 Å². The number of fused-ring (bicyclic) bond motifs is 4. The zero-order valence-electron chi connectivity index (χ0n) is 51.8. The number of thiazole rings is 4. The lowest BCUT2D eigenvalue weighted by atomic mass is 10.2. The quantitative estimate of drug-likeness (QED) is 0.0536. The first-order chi connectivity index (χ1) is 44.5. The molecule has 0 unspecified atom stereocenters. The third-order valence-electron chi connectivity index (χ3n) is 15.7. The summed E-state index contributed by atoms with van der Waals surface area (Å²) in [5, 5.41) is 7.50. The molecule has 91 heavy (non-hydrogen) atoms. The number of nitrogens with zero attached hydrogens (tertiary/aromatic N) is 8. The normalized spacial score (nSPS) is 15.0. The Bertz CT molecular complexity index is 3680. The van der Waals surface area contributed by atoms with E-state index in [1.165, 1.54) is 39.7 Å². The maximum Gasteiger partial charge on any atom is 0.219 e. The largest absolute Gasteiger partial charge is 0.494 e. The van der Waals surface area contributed by atoms with E-state index in [4.69, 9.17) is 68.7 Å². The highest BCUT2D eigenvalue weighted by atomic mass is 35.5. The summed E-state index contributed by atoms with van der Waals surface area (Å²) in [7, 11) is 0. The molecular formula is C69H78Cl3N9O6S4. The third-order valence-corrected chi connectivity index (χ3v) is 21.2. The molecule has 0 spiro atoms. The molecule has 0 saturated carbocycles. The maximum atomic E-state index is 11.6. The first-order valence-corrected chi connectivity index (χ1v) is 36.1. The van der Waals surface area contributed by atoms with Gasteiger partial charge in [0.15, 0.2) is 0 Å². The van der Waals surface area contributed by atoms with Gasteiger partial charge in [0.2, 0.25) is 11.8 Å². The lowest BCUT2D eigenvalue weighted by Crippen LogP contribution is -2.33. The number of nitrogens with one attached hydrogen (secondary N) is 1. The summed E-state index contributed by atoms with van der Waals surface area (Å²) in [6.45, 7) is 15.4. The molecule has 4 aromatic carbocycles. The fourth-order valence-electron chi connectivity index (χ4n) is 10.6. The zero-order valence-corrected chi connectivity index (χ0v) is 57.3. The van der Waals surface area contributed by atoms with Crippen LogP contribution in [0.3, 0.4) is 0 Å². The number of benzene rings is 4. The Balaban J connectivity index is 0.000000134. The van der Waals surface area contributed by atoms with Gasteiger partial charge in [-0.1, -0.05) is 0 Å². The van der Waals surface area contributed by atoms with E-state index in [-0.39, 0.29) is 11.8 Å². The molecule has 13 rings (SSSR count). The summed E-state index contributed by atoms with van der Waals surface area (Å²) < 4.78 is 23.9. The number of carbonyl (C=O) groups excluding carboxylic acids is 2. The Hall–Kier alpha value is -6.26. The second kappa shape index (κ2) is 34.6. The van der Waals surface area contributed by atoms with Crippen molar-refractivity contribution in [3.05, 3.63) is 147 Å². The summed E-state index contributed by atoms with van der Waals surface area (Å²) in [5.41, 5.74) is 8.70. The Morgan fingerprint density at radius 2 is 0.945 bits per heavy atom. The van der Waals surface area contributed by atoms with Crippen LogP contribution in [-0.4, -0.2) is 134 Å². The van der Waals surface area contributed by atoms with Crippen LogP contribution in [0.25, 0.3) is 52.5 Å². The molecule has 4 aliphatic heterocycles. The topological polar surface area (TPSA) is 157 Å². The van der Waals surface area contributed by atoms with Gasteiger partial charge in [-0.05, 0) is 162 Å². The lowest BCUT2D eigenvalue weighted by molar-refractivity contribution is -0.130. The first kappa shape index (κ1) is 67.6. The van der Waals surface area contributed by atoms with Crippen molar-refractivity contribution in [1.82, 2.24) is 44.9 Å². The minimum atomic E-state index is 0.114. The number of likely N-dealkylation sites (tertiary alicyclic amines) is 1. The minimum Gasteiger partial charge on any atom is -0.494 e. The van der Waals surface area contributed by atoms with Crippen LogP contribution in [0.15, 0.2) is 116 Å². The van der Waals surface area contributed by atoms with Crippen molar-refractivity contribution in [3.63, 3.8) is 0 Å². The highest BCUT2D eigenvalue weighted by molar-refractivity contribution is 7.21. The van der Waals surface area contributed by atoms with Crippen molar-refractivity contribution in [2.45, 2.75) is 104 Å². The molecule has 1 atom stereocenters. The van der Waals surface area contributed by atoms with E-state index in [2.05, 4.69) is 51.4 Å². The Morgan fingerprint density at radius 1 is 0.527 bits per heavy atom. The number of carbonyl (C=O) groups is 2. The van der Waals surface area contributed by atoms with Crippen molar-refractivity contribution in [1.29, 1.82) is 0 Å². The fourth-order valence-corrected chi connectivity index (χ4v) is 15.1. The average molecular weight is 1360 g/mol. The Kier molecular flexibility index (Phi) is 25.7. The van der Waals surface area contributed by atoms with Gasteiger partial charge in [0, 0.05) is 126 Å². The van der Waals surface area contributed by atoms with Crippen molar-refractivity contribution in [2.24, 2.45) is 0 Å². The monoisotopic (exact) mass is 1360 g/mol. The number of hydrogen-bond acceptors (Lipinski definition) is 17. The molecule has 0 radical (unpaired) electrons. The SMILES string of the molecule is CC(=O)N1CCc2sc(-c3ccc(OCCCCl)cc3)nc2C1.CC(=O)N1CCc2sc(-c3ccc(OCCCN4CCC[C@H]4C)cc3)nc2C1.ClCCCOc1ccc(-c2nc3c(s2)CCNC3)cc1.ClCCCOc1ccc(-c2nc3cnccc3s2)cc1. The van der Waals surface area contributed by atoms with Crippen molar-refractivity contribution in [3.8, 4) is 65.3 Å². The molecule has 5 aromatic heterocycles. The van der Waals surface area contributed by atoms with E-state index in [1.807, 2.05) is 88.7 Å². The van der Waals surface area contributed by atoms with E-state index in [1.54, 1.807) is 71.6 Å². The van der Waals surface area contributed by atoms with Gasteiger partial charge in [0.05, 0.1) is 67.5 Å². The third kappa shape index (κ3) is 19.4. The van der Waals surface area contributed by atoms with Gasteiger partial charge < -0.3 is 39.0 Å². The molecule has 22 heteroatoms. The number of ether oxygens (including phenoxy) is 4. The molecular weight excluding hydrogens is 1290 g/mol. The number of halogens is 3. The zero-order chi connectivity index (χ0) is 63.3. The van der Waals surface area contributed by atoms with Crippen LogP contribution in [0.4, 0.5) is 0 Å². The van der Waals surface area contributed by atoms with E-state index in [0.717, 1.165) is 177 Å². The van der Waals surface area contributed by atoms with Crippen LogP contribution in [0.5, 0.6) is 23.0 Å². The summed E-state index contributed by atoms with van der Waals surface area (Å²) >= 11 is 23.8. The number of alkyl halides is 3. The van der Waals surface area contributed by atoms with Crippen LogP contribution >= 0.6 is 80.1 Å². The van der Waals surface area contributed by atoms with Gasteiger partial charge in [0.25, 0.3) is 0 Å². The molecule has 0 aliphatic carbocycles. The molecule has 9 heterocycles. The molecule has 4 aliphatic rings.